The molecule has 0 aromatic carbocycles. The van der Waals surface area contributed by atoms with Crippen molar-refractivity contribution in [2.24, 2.45) is 0 Å². The molecule has 3 rings (SSSR count). The molecular weight excluding hydrogens is 326 g/mol. The number of rotatable bonds is 6. The third-order valence-electron chi connectivity index (χ3n) is 4.13. The van der Waals surface area contributed by atoms with Gasteiger partial charge in [-0.1, -0.05) is 19.9 Å². The summed E-state index contributed by atoms with van der Waals surface area (Å²) in [5, 5.41) is 8.29. The topological polar surface area (TPSA) is 57.8 Å². The van der Waals surface area contributed by atoms with Crippen molar-refractivity contribution in [3.05, 3.63) is 39.1 Å². The third-order valence-corrected chi connectivity index (χ3v) is 5.91. The van der Waals surface area contributed by atoms with Gasteiger partial charge in [0.05, 0.1) is 11.4 Å². The first-order chi connectivity index (χ1) is 11.1. The van der Waals surface area contributed by atoms with Gasteiger partial charge < -0.3 is 10.3 Å². The number of nitrogens with zero attached hydrogens (tertiary/aromatic N) is 1. The summed E-state index contributed by atoms with van der Waals surface area (Å²) >= 11 is 3.18. The maximum absolute atomic E-state index is 12.6. The second-order valence-electron chi connectivity index (χ2n) is 5.66. The molecule has 0 aliphatic rings. The lowest BCUT2D eigenvalue weighted by Crippen LogP contribution is -2.32. The van der Waals surface area contributed by atoms with Gasteiger partial charge in [-0.2, -0.15) is 0 Å². The fourth-order valence-electron chi connectivity index (χ4n) is 2.74. The summed E-state index contributed by atoms with van der Waals surface area (Å²) in [4.78, 5) is 22.2. The highest BCUT2D eigenvalue weighted by Crippen LogP contribution is 2.33. The second kappa shape index (κ2) is 6.95. The minimum absolute atomic E-state index is 0.0317. The fraction of sp³-hybridized carbons (Fsp3) is 0.412. The van der Waals surface area contributed by atoms with E-state index in [-0.39, 0.29) is 11.6 Å². The molecule has 1 atom stereocenters. The summed E-state index contributed by atoms with van der Waals surface area (Å²) in [6.45, 7) is 6.38. The van der Waals surface area contributed by atoms with E-state index in [1.165, 1.54) is 11.3 Å². The lowest BCUT2D eigenvalue weighted by Gasteiger charge is -2.20. The molecule has 0 unspecified atom stereocenters. The monoisotopic (exact) mass is 347 g/mol. The van der Waals surface area contributed by atoms with E-state index in [1.54, 1.807) is 11.3 Å². The predicted molar refractivity (Wildman–Crippen MR) is 99.5 cm³/mol. The maximum atomic E-state index is 12.6. The Morgan fingerprint density at radius 1 is 1.30 bits per heavy atom. The van der Waals surface area contributed by atoms with E-state index in [2.05, 4.69) is 31.1 Å². The van der Waals surface area contributed by atoms with Crippen LogP contribution in [0.3, 0.4) is 0 Å². The smallest absolute Gasteiger partial charge is 0.260 e. The van der Waals surface area contributed by atoms with Crippen LogP contribution in [0, 0.1) is 0 Å². The summed E-state index contributed by atoms with van der Waals surface area (Å²) in [5.74, 6) is 0.717. The first kappa shape index (κ1) is 16.4. The Balaban J connectivity index is 1.98. The number of aromatic nitrogens is 2. The molecule has 0 saturated carbocycles. The van der Waals surface area contributed by atoms with Gasteiger partial charge in [-0.05, 0) is 31.2 Å². The van der Waals surface area contributed by atoms with Gasteiger partial charge in [-0.15, -0.1) is 22.7 Å². The molecule has 23 heavy (non-hydrogen) atoms. The van der Waals surface area contributed by atoms with Crippen LogP contribution in [0.25, 0.3) is 20.7 Å². The molecule has 0 spiro atoms. The zero-order chi connectivity index (χ0) is 16.4. The van der Waals surface area contributed by atoms with Gasteiger partial charge in [0.2, 0.25) is 0 Å². The van der Waals surface area contributed by atoms with Crippen molar-refractivity contribution < 1.29 is 0 Å². The molecule has 122 valence electrons. The second-order valence-corrected chi connectivity index (χ2v) is 7.47. The number of hydrogen-bond donors (Lipinski definition) is 2. The van der Waals surface area contributed by atoms with Gasteiger partial charge in [-0.3, -0.25) is 4.79 Å². The van der Waals surface area contributed by atoms with Crippen LogP contribution in [0.1, 0.15) is 45.5 Å². The van der Waals surface area contributed by atoms with Crippen molar-refractivity contribution >= 4 is 32.9 Å². The zero-order valence-electron chi connectivity index (χ0n) is 13.6. The van der Waals surface area contributed by atoms with Crippen molar-refractivity contribution in [1.82, 2.24) is 15.3 Å². The largest absolute Gasteiger partial charge is 0.309 e. The van der Waals surface area contributed by atoms with Gasteiger partial charge >= 0.3 is 0 Å². The Morgan fingerprint density at radius 2 is 2.09 bits per heavy atom. The van der Waals surface area contributed by atoms with Gasteiger partial charge in [0.15, 0.2) is 0 Å². The molecule has 2 N–H and O–H groups in total. The predicted octanol–water partition coefficient (Wildman–Crippen LogP) is 4.55. The Hall–Kier alpha value is -1.50. The molecule has 0 radical (unpaired) electrons. The van der Waals surface area contributed by atoms with E-state index >= 15 is 0 Å². The highest BCUT2D eigenvalue weighted by molar-refractivity contribution is 7.18. The molecule has 4 nitrogen and oxygen atoms in total. The molecule has 0 saturated heterocycles. The van der Waals surface area contributed by atoms with E-state index in [0.29, 0.717) is 17.3 Å². The van der Waals surface area contributed by atoms with Gasteiger partial charge in [0.1, 0.15) is 10.7 Å². The normalized spacial score (nSPS) is 13.0. The van der Waals surface area contributed by atoms with Crippen LogP contribution in [0.15, 0.2) is 27.7 Å². The van der Waals surface area contributed by atoms with E-state index in [4.69, 9.17) is 4.98 Å². The van der Waals surface area contributed by atoms with Gasteiger partial charge in [0.25, 0.3) is 5.56 Å². The number of hydrogen-bond acceptors (Lipinski definition) is 5. The van der Waals surface area contributed by atoms with Crippen LogP contribution in [-0.4, -0.2) is 16.0 Å². The van der Waals surface area contributed by atoms with Crippen LogP contribution in [0.2, 0.25) is 0 Å². The van der Waals surface area contributed by atoms with Crippen molar-refractivity contribution in [3.8, 4) is 10.4 Å². The number of thiophene rings is 2. The SMILES string of the molecule is CCC(CC)N[C@H](C)c1nc2scc(-c3cccs3)c2c(=O)[nH]1. The van der Waals surface area contributed by atoms with Crippen LogP contribution in [0.5, 0.6) is 0 Å². The minimum atomic E-state index is -0.0483. The Bertz CT molecular complexity index is 831. The Kier molecular flexibility index (Phi) is 4.94. The molecule has 0 fully saturated rings. The Labute approximate surface area is 143 Å². The van der Waals surface area contributed by atoms with Gasteiger partial charge in [0, 0.05) is 21.9 Å². The standard InChI is InChI=1S/C17H21N3OS2/c1-4-11(5-2)18-10(3)15-19-16(21)14-12(9-23-17(14)20-15)13-7-6-8-22-13/h6-11,18H,4-5H2,1-3H3,(H,19,20,21)/t10-/m1/s1. The molecule has 3 aromatic heterocycles. The van der Waals surface area contributed by atoms with Crippen molar-refractivity contribution in [2.45, 2.75) is 45.7 Å². The molecule has 0 aliphatic carbocycles. The molecule has 0 amide bonds. The summed E-state index contributed by atoms with van der Waals surface area (Å²) in [7, 11) is 0. The molecule has 3 aromatic rings. The van der Waals surface area contributed by atoms with E-state index in [9.17, 15) is 4.79 Å². The summed E-state index contributed by atoms with van der Waals surface area (Å²) in [6.07, 6.45) is 2.13. The van der Waals surface area contributed by atoms with E-state index in [0.717, 1.165) is 28.1 Å². The molecule has 3 heterocycles. The lowest BCUT2D eigenvalue weighted by atomic mass is 10.1. The van der Waals surface area contributed by atoms with E-state index in [1.807, 2.05) is 22.9 Å². The fourth-order valence-corrected chi connectivity index (χ4v) is 4.51. The van der Waals surface area contributed by atoms with Crippen LogP contribution < -0.4 is 10.9 Å². The number of aromatic amines is 1. The highest BCUT2D eigenvalue weighted by atomic mass is 32.1. The zero-order valence-corrected chi connectivity index (χ0v) is 15.2. The summed E-state index contributed by atoms with van der Waals surface area (Å²) in [5.41, 5.74) is 0.939. The summed E-state index contributed by atoms with van der Waals surface area (Å²) < 4.78 is 0. The van der Waals surface area contributed by atoms with Crippen molar-refractivity contribution in [3.63, 3.8) is 0 Å². The number of fused-ring (bicyclic) bond motifs is 1. The summed E-state index contributed by atoms with van der Waals surface area (Å²) in [6, 6.07) is 4.51. The number of nitrogens with one attached hydrogen (secondary N) is 2. The lowest BCUT2D eigenvalue weighted by molar-refractivity contribution is 0.421. The average molecular weight is 348 g/mol. The third kappa shape index (κ3) is 3.24. The minimum Gasteiger partial charge on any atom is -0.309 e. The van der Waals surface area contributed by atoms with E-state index < -0.39 is 0 Å². The van der Waals surface area contributed by atoms with Crippen molar-refractivity contribution in [2.75, 3.05) is 0 Å². The average Bonchev–Trinajstić information content (AvgIpc) is 3.20. The molecular formula is C17H21N3OS2. The van der Waals surface area contributed by atoms with Crippen LogP contribution in [-0.2, 0) is 0 Å². The van der Waals surface area contributed by atoms with Crippen LogP contribution in [0.4, 0.5) is 0 Å². The Morgan fingerprint density at radius 3 is 2.74 bits per heavy atom. The van der Waals surface area contributed by atoms with Crippen LogP contribution >= 0.6 is 22.7 Å². The maximum Gasteiger partial charge on any atom is 0.260 e. The molecule has 0 bridgehead atoms. The first-order valence-electron chi connectivity index (χ1n) is 7.95. The highest BCUT2D eigenvalue weighted by Gasteiger charge is 2.17. The first-order valence-corrected chi connectivity index (χ1v) is 9.71. The van der Waals surface area contributed by atoms with Crippen molar-refractivity contribution in [1.29, 1.82) is 0 Å². The van der Waals surface area contributed by atoms with Gasteiger partial charge in [-0.25, -0.2) is 4.98 Å². The molecule has 0 aliphatic heterocycles. The quantitative estimate of drug-likeness (QED) is 0.687. The molecule has 6 heteroatoms. The number of H-pyrrole nitrogens is 1.